The number of rotatable bonds is 9. The minimum Gasteiger partial charge on any atom is -0.545 e. The number of carbonyl (C=O) groups is 3. The molecule has 2 N–H and O–H groups in total. The number of benzene rings is 1. The van der Waals surface area contributed by atoms with E-state index in [9.17, 15) is 28.3 Å². The van der Waals surface area contributed by atoms with E-state index >= 15 is 0 Å². The molecule has 0 aliphatic rings. The molecule has 2 aromatic rings. The average Bonchev–Trinajstić information content (AvgIpc) is 2.81. The number of amides is 3. The molecular formula is C23H22Cl2F2N5NaO4. The number of urea groups is 1. The number of halogens is 4. The first-order valence-corrected chi connectivity index (χ1v) is 10.9. The molecule has 1 aromatic heterocycles. The summed E-state index contributed by atoms with van der Waals surface area (Å²) in [5, 5.41) is 16.9. The molecule has 192 valence electrons. The van der Waals surface area contributed by atoms with E-state index in [1.807, 2.05) is 0 Å². The van der Waals surface area contributed by atoms with Crippen molar-refractivity contribution < 1.29 is 57.8 Å². The van der Waals surface area contributed by atoms with Crippen LogP contribution in [0.2, 0.25) is 0 Å². The zero-order chi connectivity index (χ0) is 27.3. The second kappa shape index (κ2) is 17.6. The number of aromatic nitrogens is 1. The van der Waals surface area contributed by atoms with Gasteiger partial charge >= 0.3 is 35.6 Å². The molecule has 14 heteroatoms. The number of anilines is 1. The predicted molar refractivity (Wildman–Crippen MR) is 132 cm³/mol. The Balaban J connectivity index is 0.000000851. The molecule has 9 nitrogen and oxygen atoms in total. The van der Waals surface area contributed by atoms with Gasteiger partial charge in [-0.25, -0.2) is 19.0 Å². The van der Waals surface area contributed by atoms with Crippen LogP contribution in [0.15, 0.2) is 66.9 Å². The van der Waals surface area contributed by atoms with Gasteiger partial charge in [-0.2, -0.15) is 5.10 Å². The molecule has 0 spiro atoms. The van der Waals surface area contributed by atoms with E-state index < -0.39 is 28.5 Å². The van der Waals surface area contributed by atoms with Crippen molar-refractivity contribution in [2.75, 3.05) is 18.4 Å². The van der Waals surface area contributed by atoms with Gasteiger partial charge in [0.2, 0.25) is 0 Å². The Labute approximate surface area is 244 Å². The van der Waals surface area contributed by atoms with Crippen molar-refractivity contribution in [2.24, 2.45) is 5.10 Å². The maximum Gasteiger partial charge on any atom is 1.00 e. The number of hydrogen-bond donors (Lipinski definition) is 2. The first-order chi connectivity index (χ1) is 17.0. The smallest absolute Gasteiger partial charge is 0.545 e. The molecule has 0 radical (unpaired) electrons. The van der Waals surface area contributed by atoms with E-state index in [2.05, 4.69) is 34.0 Å². The van der Waals surface area contributed by atoms with Gasteiger partial charge in [0.1, 0.15) is 11.6 Å². The maximum absolute atomic E-state index is 13.0. The molecule has 0 saturated carbocycles. The minimum atomic E-state index is -1.44. The minimum absolute atomic E-state index is 0. The van der Waals surface area contributed by atoms with E-state index in [0.29, 0.717) is 19.2 Å². The fourth-order valence-electron chi connectivity index (χ4n) is 2.54. The summed E-state index contributed by atoms with van der Waals surface area (Å²) in [6.45, 7) is 9.31. The first-order valence-electron chi connectivity index (χ1n) is 10.0. The standard InChI is InChI=1S/C15H12F2N4O3.C8H11Cl2NO.Na/c1-8(13-12(14(22)23)3-2-4-18-13)20-21-15(24)19-11-6-9(16)5-10(17)7-11;1-3-5-11(6-4-2)8(12)7(9)10;/h2-7H,1H3,(H,22,23)(H2,19,21,24);3-4,7H,1-2,5-6H2;/q;;+1/p-1/b20-8+;;. The van der Waals surface area contributed by atoms with Crippen molar-refractivity contribution in [3.05, 3.63) is 84.7 Å². The van der Waals surface area contributed by atoms with Gasteiger partial charge < -0.3 is 20.1 Å². The third-order valence-electron chi connectivity index (χ3n) is 4.01. The average molecular weight is 564 g/mol. The molecule has 0 aliphatic heterocycles. The molecule has 0 saturated heterocycles. The predicted octanol–water partition coefficient (Wildman–Crippen LogP) is 0.264. The first kappa shape index (κ1) is 34.2. The monoisotopic (exact) mass is 563 g/mol. The van der Waals surface area contributed by atoms with Crippen molar-refractivity contribution >= 4 is 52.5 Å². The number of hydrogen-bond acceptors (Lipinski definition) is 6. The Hall–Kier alpha value is -2.83. The number of pyridine rings is 1. The fraction of sp³-hybridized carbons (Fsp3) is 0.174. The molecular weight excluding hydrogens is 542 g/mol. The van der Waals surface area contributed by atoms with Crippen molar-refractivity contribution in [3.63, 3.8) is 0 Å². The number of carboxylic acids is 1. The van der Waals surface area contributed by atoms with Gasteiger partial charge in [-0.15, -0.1) is 13.2 Å². The topological polar surface area (TPSA) is 127 Å². The molecule has 1 aromatic carbocycles. The second-order valence-corrected chi connectivity index (χ2v) is 7.83. The number of carboxylic acid groups (broad SMARTS) is 1. The van der Waals surface area contributed by atoms with Crippen LogP contribution in [-0.2, 0) is 4.79 Å². The van der Waals surface area contributed by atoms with Crippen LogP contribution >= 0.6 is 23.2 Å². The van der Waals surface area contributed by atoms with Gasteiger partial charge in [0.15, 0.2) is 4.84 Å². The fourth-order valence-corrected chi connectivity index (χ4v) is 2.81. The number of nitrogens with zero attached hydrogens (tertiary/aromatic N) is 3. The maximum atomic E-state index is 13.0. The summed E-state index contributed by atoms with van der Waals surface area (Å²) in [6, 6.07) is 4.34. The van der Waals surface area contributed by atoms with E-state index in [0.717, 1.165) is 12.1 Å². The number of carbonyl (C=O) groups excluding carboxylic acids is 3. The van der Waals surface area contributed by atoms with Gasteiger partial charge in [-0.1, -0.05) is 35.4 Å². The van der Waals surface area contributed by atoms with Crippen LogP contribution in [0.25, 0.3) is 0 Å². The van der Waals surface area contributed by atoms with Crippen LogP contribution < -0.4 is 45.4 Å². The van der Waals surface area contributed by atoms with Gasteiger partial charge in [0.05, 0.1) is 17.4 Å². The summed E-state index contributed by atoms with van der Waals surface area (Å²) in [6.07, 6.45) is 4.57. The molecule has 0 atom stereocenters. The van der Waals surface area contributed by atoms with Crippen LogP contribution in [0, 0.1) is 11.6 Å². The molecule has 1 heterocycles. The summed E-state index contributed by atoms with van der Waals surface area (Å²) in [5.41, 5.74) is 1.91. The number of hydrazone groups is 1. The Bertz CT molecular complexity index is 1120. The Kier molecular flexibility index (Phi) is 16.2. The van der Waals surface area contributed by atoms with Crippen LogP contribution in [-0.4, -0.2) is 51.4 Å². The molecule has 0 fully saturated rings. The van der Waals surface area contributed by atoms with Crippen LogP contribution in [0.5, 0.6) is 0 Å². The summed E-state index contributed by atoms with van der Waals surface area (Å²) in [4.78, 5) is 38.2. The van der Waals surface area contributed by atoms with Crippen LogP contribution in [0.3, 0.4) is 0 Å². The zero-order valence-corrected chi connectivity index (χ0v) is 23.5. The van der Waals surface area contributed by atoms with Crippen LogP contribution in [0.4, 0.5) is 19.3 Å². The van der Waals surface area contributed by atoms with Crippen molar-refractivity contribution in [2.45, 2.75) is 11.8 Å². The number of nitrogens with one attached hydrogen (secondary N) is 2. The molecule has 2 rings (SSSR count). The quantitative estimate of drug-likeness (QED) is 0.149. The van der Waals surface area contributed by atoms with E-state index in [1.165, 1.54) is 30.2 Å². The summed E-state index contributed by atoms with van der Waals surface area (Å²) < 4.78 is 26.0. The van der Waals surface area contributed by atoms with E-state index in [1.54, 1.807) is 12.2 Å². The van der Waals surface area contributed by atoms with Crippen molar-refractivity contribution in [1.82, 2.24) is 15.3 Å². The van der Waals surface area contributed by atoms with Gasteiger partial charge in [-0.3, -0.25) is 9.78 Å². The molecule has 0 aliphatic carbocycles. The van der Waals surface area contributed by atoms with Gasteiger partial charge in [0, 0.05) is 36.6 Å². The second-order valence-electron chi connectivity index (χ2n) is 6.73. The normalized spacial score (nSPS) is 10.3. The summed E-state index contributed by atoms with van der Waals surface area (Å²) >= 11 is 10.8. The number of alkyl halides is 2. The van der Waals surface area contributed by atoms with E-state index in [-0.39, 0.29) is 58.1 Å². The molecule has 3 amide bonds. The van der Waals surface area contributed by atoms with Crippen molar-refractivity contribution in [3.8, 4) is 0 Å². The SMILES string of the molecule is C/C(=N\NC(=O)Nc1cc(F)cc(F)c1)c1ncccc1C(=O)[O-].C=CCN(CC=C)C(=O)C(Cl)Cl.[Na+]. The molecule has 37 heavy (non-hydrogen) atoms. The van der Waals surface area contributed by atoms with Gasteiger partial charge in [0.25, 0.3) is 5.91 Å². The van der Waals surface area contributed by atoms with Gasteiger partial charge in [-0.05, 0) is 31.2 Å². The Morgan fingerprint density at radius 2 is 1.73 bits per heavy atom. The third kappa shape index (κ3) is 12.3. The molecule has 0 bridgehead atoms. The largest absolute Gasteiger partial charge is 1.00 e. The van der Waals surface area contributed by atoms with Crippen LogP contribution in [0.1, 0.15) is 23.0 Å². The Morgan fingerprint density at radius 3 is 2.22 bits per heavy atom. The Morgan fingerprint density at radius 1 is 1.16 bits per heavy atom. The summed E-state index contributed by atoms with van der Waals surface area (Å²) in [7, 11) is 0. The number of aromatic carboxylic acids is 1. The summed E-state index contributed by atoms with van der Waals surface area (Å²) in [5.74, 6) is -3.46. The zero-order valence-electron chi connectivity index (χ0n) is 20.0. The van der Waals surface area contributed by atoms with E-state index in [4.69, 9.17) is 23.2 Å². The van der Waals surface area contributed by atoms with Crippen molar-refractivity contribution in [1.29, 1.82) is 0 Å². The molecule has 0 unspecified atom stereocenters. The third-order valence-corrected chi connectivity index (χ3v) is 4.39.